The molecule has 0 atom stereocenters. The average Bonchev–Trinajstić information content (AvgIpc) is 2.97. The van der Waals surface area contributed by atoms with Gasteiger partial charge in [-0.1, -0.05) is 18.2 Å². The number of carbonyl (C=O) groups is 2. The van der Waals surface area contributed by atoms with Gasteiger partial charge in [0.15, 0.2) is 5.76 Å². The molecule has 4 rings (SSSR count). The topological polar surface area (TPSA) is 70.8 Å². The highest BCUT2D eigenvalue weighted by atomic mass is 16.4. The van der Waals surface area contributed by atoms with Crippen LogP contribution in [0.25, 0.3) is 0 Å². The normalized spacial score (nSPS) is 17.8. The number of carboxylic acids is 1. The SMILES string of the molecule is O=C(O)c1ccc(C(=O)N2CC3(CC3)c3ccccc32)o1. The standard InChI is InChI=1S/C16H13NO4/c18-14(12-5-6-13(21-12)15(19)20)17-9-16(7-8-16)10-3-1-2-4-11(10)17/h1-6H,7-9H2,(H,19,20). The number of aromatic carboxylic acids is 1. The minimum Gasteiger partial charge on any atom is -0.475 e. The van der Waals surface area contributed by atoms with E-state index in [2.05, 4.69) is 6.07 Å². The molecule has 5 heteroatoms. The van der Waals surface area contributed by atoms with Crippen molar-refractivity contribution in [3.05, 3.63) is 53.5 Å². The van der Waals surface area contributed by atoms with Gasteiger partial charge in [-0.15, -0.1) is 0 Å². The van der Waals surface area contributed by atoms with Crippen LogP contribution < -0.4 is 4.90 Å². The number of amides is 1. The first-order valence-corrected chi connectivity index (χ1v) is 6.85. The lowest BCUT2D eigenvalue weighted by atomic mass is 9.99. The third-order valence-electron chi connectivity index (χ3n) is 4.35. The quantitative estimate of drug-likeness (QED) is 0.919. The second kappa shape index (κ2) is 3.97. The monoisotopic (exact) mass is 283 g/mol. The number of carboxylic acid groups (broad SMARTS) is 1. The van der Waals surface area contributed by atoms with E-state index in [1.54, 1.807) is 4.90 Å². The van der Waals surface area contributed by atoms with Crippen molar-refractivity contribution in [3.63, 3.8) is 0 Å². The summed E-state index contributed by atoms with van der Waals surface area (Å²) in [6.07, 6.45) is 2.18. The zero-order chi connectivity index (χ0) is 14.6. The highest BCUT2D eigenvalue weighted by Gasteiger charge is 2.53. The minimum atomic E-state index is -1.17. The Morgan fingerprint density at radius 2 is 1.81 bits per heavy atom. The number of hydrogen-bond acceptors (Lipinski definition) is 3. The van der Waals surface area contributed by atoms with E-state index >= 15 is 0 Å². The Balaban J connectivity index is 1.71. The molecule has 0 unspecified atom stereocenters. The van der Waals surface area contributed by atoms with Gasteiger partial charge >= 0.3 is 5.97 Å². The highest BCUT2D eigenvalue weighted by Crippen LogP contribution is 2.56. The van der Waals surface area contributed by atoms with Crippen molar-refractivity contribution in [1.82, 2.24) is 0 Å². The van der Waals surface area contributed by atoms with Crippen LogP contribution in [0.15, 0.2) is 40.8 Å². The van der Waals surface area contributed by atoms with Crippen LogP contribution in [-0.4, -0.2) is 23.5 Å². The predicted octanol–water partition coefficient (Wildman–Crippen LogP) is 2.67. The Morgan fingerprint density at radius 1 is 1.10 bits per heavy atom. The van der Waals surface area contributed by atoms with Crippen molar-refractivity contribution >= 4 is 17.6 Å². The van der Waals surface area contributed by atoms with Crippen LogP contribution in [-0.2, 0) is 5.41 Å². The zero-order valence-corrected chi connectivity index (χ0v) is 11.2. The number of furan rings is 1. The first-order valence-electron chi connectivity index (χ1n) is 6.85. The minimum absolute atomic E-state index is 0.0694. The van der Waals surface area contributed by atoms with Gasteiger partial charge in [-0.2, -0.15) is 0 Å². The molecule has 106 valence electrons. The molecule has 0 bridgehead atoms. The van der Waals surface area contributed by atoms with Crippen LogP contribution in [0.5, 0.6) is 0 Å². The third-order valence-corrected chi connectivity index (χ3v) is 4.35. The van der Waals surface area contributed by atoms with Crippen molar-refractivity contribution in [2.75, 3.05) is 11.4 Å². The number of nitrogens with zero attached hydrogens (tertiary/aromatic N) is 1. The van der Waals surface area contributed by atoms with Gasteiger partial charge in [0.2, 0.25) is 5.76 Å². The summed E-state index contributed by atoms with van der Waals surface area (Å²) in [5, 5.41) is 8.88. The maximum Gasteiger partial charge on any atom is 0.371 e. The number of fused-ring (bicyclic) bond motifs is 2. The van der Waals surface area contributed by atoms with Crippen molar-refractivity contribution < 1.29 is 19.1 Å². The van der Waals surface area contributed by atoms with E-state index in [1.165, 1.54) is 17.7 Å². The van der Waals surface area contributed by atoms with E-state index in [-0.39, 0.29) is 22.8 Å². The second-order valence-electron chi connectivity index (χ2n) is 5.66. The zero-order valence-electron chi connectivity index (χ0n) is 11.2. The van der Waals surface area contributed by atoms with E-state index < -0.39 is 5.97 Å². The number of para-hydroxylation sites is 1. The molecule has 2 aromatic rings. The molecule has 21 heavy (non-hydrogen) atoms. The number of carbonyl (C=O) groups excluding carboxylic acids is 1. The van der Waals surface area contributed by atoms with Crippen LogP contribution in [0.1, 0.15) is 39.5 Å². The molecule has 2 heterocycles. The first kappa shape index (κ1) is 12.2. The molecule has 0 radical (unpaired) electrons. The Morgan fingerprint density at radius 3 is 2.48 bits per heavy atom. The fraction of sp³-hybridized carbons (Fsp3) is 0.250. The third kappa shape index (κ3) is 1.70. The van der Waals surface area contributed by atoms with Crippen molar-refractivity contribution in [2.24, 2.45) is 0 Å². The van der Waals surface area contributed by atoms with E-state index in [1.807, 2.05) is 18.2 Å². The molecule has 2 aliphatic rings. The fourth-order valence-corrected chi connectivity index (χ4v) is 3.09. The summed E-state index contributed by atoms with van der Waals surface area (Å²) in [4.78, 5) is 25.2. The van der Waals surface area contributed by atoms with Gasteiger partial charge in [0.1, 0.15) is 0 Å². The summed E-state index contributed by atoms with van der Waals surface area (Å²) in [5.41, 5.74) is 2.23. The molecule has 1 aliphatic heterocycles. The van der Waals surface area contributed by atoms with Gasteiger partial charge in [0, 0.05) is 17.6 Å². The molecule has 1 aliphatic carbocycles. The fourth-order valence-electron chi connectivity index (χ4n) is 3.09. The largest absolute Gasteiger partial charge is 0.475 e. The van der Waals surface area contributed by atoms with Crippen LogP contribution in [0.4, 0.5) is 5.69 Å². The summed E-state index contributed by atoms with van der Waals surface area (Å²) in [6.45, 7) is 0.647. The molecular weight excluding hydrogens is 270 g/mol. The van der Waals surface area contributed by atoms with Crippen molar-refractivity contribution in [2.45, 2.75) is 18.3 Å². The summed E-state index contributed by atoms with van der Waals surface area (Å²) in [6, 6.07) is 10.6. The highest BCUT2D eigenvalue weighted by molar-refractivity contribution is 6.06. The molecule has 1 saturated carbocycles. The lowest BCUT2D eigenvalue weighted by Gasteiger charge is -2.16. The van der Waals surface area contributed by atoms with Gasteiger partial charge in [-0.05, 0) is 36.6 Å². The van der Waals surface area contributed by atoms with E-state index in [0.29, 0.717) is 6.54 Å². The lowest BCUT2D eigenvalue weighted by molar-refractivity contribution is 0.0660. The lowest BCUT2D eigenvalue weighted by Crippen LogP contribution is -2.31. The molecule has 1 aromatic carbocycles. The van der Waals surface area contributed by atoms with Gasteiger partial charge < -0.3 is 14.4 Å². The first-order chi connectivity index (χ1) is 10.1. The summed E-state index contributed by atoms with van der Waals surface area (Å²) < 4.78 is 5.13. The summed E-state index contributed by atoms with van der Waals surface area (Å²) in [7, 11) is 0. The van der Waals surface area contributed by atoms with Gasteiger partial charge in [0.05, 0.1) is 0 Å². The summed E-state index contributed by atoms with van der Waals surface area (Å²) >= 11 is 0. The molecular formula is C16H13NO4. The summed E-state index contributed by atoms with van der Waals surface area (Å²) in [5.74, 6) is -1.60. The Kier molecular flexibility index (Phi) is 2.31. The van der Waals surface area contributed by atoms with E-state index in [4.69, 9.17) is 9.52 Å². The number of hydrogen-bond donors (Lipinski definition) is 1. The van der Waals surface area contributed by atoms with Gasteiger partial charge in [-0.25, -0.2) is 4.79 Å². The predicted molar refractivity (Wildman–Crippen MR) is 74.7 cm³/mol. The van der Waals surface area contributed by atoms with Crippen molar-refractivity contribution in [3.8, 4) is 0 Å². The Hall–Kier alpha value is -2.56. The molecule has 1 spiro atoms. The van der Waals surface area contributed by atoms with Crippen LogP contribution in [0.2, 0.25) is 0 Å². The van der Waals surface area contributed by atoms with Gasteiger partial charge in [-0.3, -0.25) is 4.79 Å². The van der Waals surface area contributed by atoms with Gasteiger partial charge in [0.25, 0.3) is 5.91 Å². The number of rotatable bonds is 2. The van der Waals surface area contributed by atoms with E-state index in [0.717, 1.165) is 18.5 Å². The molecule has 0 saturated heterocycles. The smallest absolute Gasteiger partial charge is 0.371 e. The number of anilines is 1. The molecule has 1 amide bonds. The maximum absolute atomic E-state index is 12.6. The van der Waals surface area contributed by atoms with Crippen LogP contribution >= 0.6 is 0 Å². The average molecular weight is 283 g/mol. The molecule has 1 aromatic heterocycles. The van der Waals surface area contributed by atoms with Crippen molar-refractivity contribution in [1.29, 1.82) is 0 Å². The van der Waals surface area contributed by atoms with Crippen LogP contribution in [0, 0.1) is 0 Å². The Bertz CT molecular complexity index is 757. The Labute approximate surface area is 120 Å². The van der Waals surface area contributed by atoms with E-state index in [9.17, 15) is 9.59 Å². The second-order valence-corrected chi connectivity index (χ2v) is 5.66. The van der Waals surface area contributed by atoms with Crippen LogP contribution in [0.3, 0.4) is 0 Å². The molecule has 1 fully saturated rings. The molecule has 5 nitrogen and oxygen atoms in total. The molecule has 1 N–H and O–H groups in total. The number of benzene rings is 1. The maximum atomic E-state index is 12.6.